The first-order chi connectivity index (χ1) is 12.7. The molecular formula is C21H15NO3S. The summed E-state index contributed by atoms with van der Waals surface area (Å²) in [7, 11) is 0. The van der Waals surface area contributed by atoms with Crippen LogP contribution in [0.2, 0.25) is 0 Å². The molecule has 128 valence electrons. The molecule has 3 aromatic rings. The van der Waals surface area contributed by atoms with Gasteiger partial charge in [0.05, 0.1) is 16.5 Å². The standard InChI is InChI=1S/C21H15NO3S/c23-19(16-12-7-13-26-16)17-18(14-8-3-1-4-9-14)22(21(25)20(17)24)15-10-5-2-6-11-15/h1-13,18,24H. The minimum absolute atomic E-state index is 0.118. The third-order valence-corrected chi connectivity index (χ3v) is 5.22. The number of anilines is 1. The van der Waals surface area contributed by atoms with Gasteiger partial charge in [0.2, 0.25) is 5.78 Å². The molecule has 2 aromatic carbocycles. The van der Waals surface area contributed by atoms with Crippen molar-refractivity contribution >= 4 is 28.7 Å². The van der Waals surface area contributed by atoms with Gasteiger partial charge in [-0.05, 0) is 29.1 Å². The van der Waals surface area contributed by atoms with Crippen molar-refractivity contribution < 1.29 is 14.7 Å². The second-order valence-electron chi connectivity index (χ2n) is 5.89. The first-order valence-corrected chi connectivity index (χ1v) is 9.01. The Balaban J connectivity index is 1.88. The molecule has 0 fully saturated rings. The van der Waals surface area contributed by atoms with Gasteiger partial charge in [0.15, 0.2) is 5.76 Å². The quantitative estimate of drug-likeness (QED) is 0.695. The fourth-order valence-corrected chi connectivity index (χ4v) is 3.86. The normalized spacial score (nSPS) is 17.0. The largest absolute Gasteiger partial charge is 0.503 e. The van der Waals surface area contributed by atoms with Gasteiger partial charge in [-0.1, -0.05) is 54.6 Å². The van der Waals surface area contributed by atoms with E-state index >= 15 is 0 Å². The monoisotopic (exact) mass is 361 g/mol. The molecule has 26 heavy (non-hydrogen) atoms. The summed E-state index contributed by atoms with van der Waals surface area (Å²) in [5.41, 5.74) is 1.52. The van der Waals surface area contributed by atoms with Gasteiger partial charge in [-0.2, -0.15) is 0 Å². The number of carbonyl (C=O) groups excluding carboxylic acids is 2. The average molecular weight is 361 g/mol. The van der Waals surface area contributed by atoms with Crippen molar-refractivity contribution in [2.45, 2.75) is 6.04 Å². The van der Waals surface area contributed by atoms with E-state index in [2.05, 4.69) is 0 Å². The number of benzene rings is 2. The van der Waals surface area contributed by atoms with Gasteiger partial charge >= 0.3 is 0 Å². The molecule has 1 N–H and O–H groups in total. The van der Waals surface area contributed by atoms with Crippen LogP contribution >= 0.6 is 11.3 Å². The summed E-state index contributed by atoms with van der Waals surface area (Å²) in [6.45, 7) is 0. The van der Waals surface area contributed by atoms with Gasteiger partial charge in [-0.3, -0.25) is 14.5 Å². The number of thiophene rings is 1. The highest BCUT2D eigenvalue weighted by Gasteiger charge is 2.44. The molecular weight excluding hydrogens is 346 g/mol. The van der Waals surface area contributed by atoms with Crippen LogP contribution in [0.4, 0.5) is 5.69 Å². The van der Waals surface area contributed by atoms with Crippen molar-refractivity contribution in [1.82, 2.24) is 0 Å². The molecule has 2 heterocycles. The van der Waals surface area contributed by atoms with Gasteiger partial charge in [0, 0.05) is 5.69 Å². The highest BCUT2D eigenvalue weighted by molar-refractivity contribution is 7.12. The van der Waals surface area contributed by atoms with Crippen molar-refractivity contribution in [3.63, 3.8) is 0 Å². The molecule has 0 saturated carbocycles. The van der Waals surface area contributed by atoms with Gasteiger partial charge < -0.3 is 5.11 Å². The van der Waals surface area contributed by atoms with E-state index in [1.54, 1.807) is 29.6 Å². The summed E-state index contributed by atoms with van der Waals surface area (Å²) in [4.78, 5) is 27.9. The molecule has 4 nitrogen and oxygen atoms in total. The molecule has 5 heteroatoms. The Morgan fingerprint density at radius 1 is 0.923 bits per heavy atom. The van der Waals surface area contributed by atoms with Crippen LogP contribution in [0.1, 0.15) is 21.3 Å². The zero-order valence-corrected chi connectivity index (χ0v) is 14.5. The first kappa shape index (κ1) is 16.3. The number of aliphatic hydroxyl groups excluding tert-OH is 1. The Kier molecular flexibility index (Phi) is 4.14. The van der Waals surface area contributed by atoms with E-state index in [1.165, 1.54) is 16.2 Å². The van der Waals surface area contributed by atoms with Gasteiger partial charge in [0.1, 0.15) is 0 Å². The topological polar surface area (TPSA) is 57.6 Å². The van der Waals surface area contributed by atoms with E-state index in [-0.39, 0.29) is 11.4 Å². The summed E-state index contributed by atoms with van der Waals surface area (Å²) in [5, 5.41) is 12.4. The van der Waals surface area contributed by atoms with Crippen LogP contribution in [0, 0.1) is 0 Å². The highest BCUT2D eigenvalue weighted by atomic mass is 32.1. The van der Waals surface area contributed by atoms with E-state index in [0.717, 1.165) is 5.56 Å². The Labute approximate surface area is 154 Å². The molecule has 4 rings (SSSR count). The molecule has 1 unspecified atom stereocenters. The van der Waals surface area contributed by atoms with E-state index in [0.29, 0.717) is 10.6 Å². The van der Waals surface area contributed by atoms with E-state index < -0.39 is 17.7 Å². The third-order valence-electron chi connectivity index (χ3n) is 4.35. The lowest BCUT2D eigenvalue weighted by Crippen LogP contribution is -2.30. The molecule has 0 spiro atoms. The summed E-state index contributed by atoms with van der Waals surface area (Å²) in [6, 6.07) is 21.2. The molecule has 1 aliphatic heterocycles. The van der Waals surface area contributed by atoms with E-state index in [1.807, 2.05) is 48.5 Å². The number of hydrogen-bond donors (Lipinski definition) is 1. The first-order valence-electron chi connectivity index (χ1n) is 8.13. The van der Waals surface area contributed by atoms with Gasteiger partial charge in [0.25, 0.3) is 5.91 Å². The molecule has 0 aliphatic carbocycles. The summed E-state index contributed by atoms with van der Waals surface area (Å²) in [6.07, 6.45) is 0. The van der Waals surface area contributed by atoms with E-state index in [4.69, 9.17) is 0 Å². The number of amides is 1. The number of rotatable bonds is 4. The van der Waals surface area contributed by atoms with Crippen LogP contribution < -0.4 is 4.90 Å². The maximum Gasteiger partial charge on any atom is 0.294 e. The van der Waals surface area contributed by atoms with Crippen molar-refractivity contribution in [2.75, 3.05) is 4.90 Å². The predicted octanol–water partition coefficient (Wildman–Crippen LogP) is 4.53. The third kappa shape index (κ3) is 2.62. The van der Waals surface area contributed by atoms with Crippen LogP contribution in [0.5, 0.6) is 0 Å². The molecule has 1 amide bonds. The zero-order chi connectivity index (χ0) is 18.1. The Morgan fingerprint density at radius 2 is 1.58 bits per heavy atom. The molecule has 1 aliphatic rings. The Hall–Kier alpha value is -3.18. The van der Waals surface area contributed by atoms with Crippen molar-refractivity contribution in [3.05, 3.63) is 99.9 Å². The smallest absolute Gasteiger partial charge is 0.294 e. The number of ketones is 1. The highest BCUT2D eigenvalue weighted by Crippen LogP contribution is 2.42. The zero-order valence-electron chi connectivity index (χ0n) is 13.7. The second-order valence-corrected chi connectivity index (χ2v) is 6.84. The number of Topliss-reactive ketones (excluding diaryl/α,β-unsaturated/α-hetero) is 1. The lowest BCUT2D eigenvalue weighted by atomic mass is 9.95. The number of aliphatic hydroxyl groups is 1. The molecule has 0 bridgehead atoms. The lowest BCUT2D eigenvalue weighted by molar-refractivity contribution is -0.117. The maximum atomic E-state index is 13.0. The molecule has 0 radical (unpaired) electrons. The fraction of sp³-hybridized carbons (Fsp3) is 0.0476. The van der Waals surface area contributed by atoms with Crippen LogP contribution in [-0.2, 0) is 4.79 Å². The average Bonchev–Trinajstić information content (AvgIpc) is 3.31. The summed E-state index contributed by atoms with van der Waals surface area (Å²) in [5.74, 6) is -1.37. The number of hydrogen-bond acceptors (Lipinski definition) is 4. The summed E-state index contributed by atoms with van der Waals surface area (Å²) < 4.78 is 0. The van der Waals surface area contributed by atoms with Crippen LogP contribution in [0.15, 0.2) is 89.5 Å². The number of nitrogens with zero attached hydrogens (tertiary/aromatic N) is 1. The van der Waals surface area contributed by atoms with Crippen molar-refractivity contribution in [1.29, 1.82) is 0 Å². The Bertz CT molecular complexity index is 979. The molecule has 1 aromatic heterocycles. The van der Waals surface area contributed by atoms with Gasteiger partial charge in [-0.15, -0.1) is 11.3 Å². The van der Waals surface area contributed by atoms with Crippen LogP contribution in [0.25, 0.3) is 0 Å². The Morgan fingerprint density at radius 3 is 2.19 bits per heavy atom. The molecule has 1 atom stereocenters. The lowest BCUT2D eigenvalue weighted by Gasteiger charge is -2.26. The van der Waals surface area contributed by atoms with Crippen LogP contribution in [0.3, 0.4) is 0 Å². The minimum atomic E-state index is -0.666. The number of carbonyl (C=O) groups is 2. The number of para-hydroxylation sites is 1. The summed E-state index contributed by atoms with van der Waals surface area (Å²) >= 11 is 1.29. The predicted molar refractivity (Wildman–Crippen MR) is 101 cm³/mol. The van der Waals surface area contributed by atoms with Gasteiger partial charge in [-0.25, -0.2) is 0 Å². The van der Waals surface area contributed by atoms with Crippen molar-refractivity contribution in [2.24, 2.45) is 0 Å². The minimum Gasteiger partial charge on any atom is -0.503 e. The SMILES string of the molecule is O=C(C1=C(O)C(=O)N(c2ccccc2)C1c1ccccc1)c1cccs1. The maximum absolute atomic E-state index is 13.0. The van der Waals surface area contributed by atoms with Crippen molar-refractivity contribution in [3.8, 4) is 0 Å². The fourth-order valence-electron chi connectivity index (χ4n) is 3.18. The van der Waals surface area contributed by atoms with Crippen LogP contribution in [-0.4, -0.2) is 16.8 Å². The van der Waals surface area contributed by atoms with E-state index in [9.17, 15) is 14.7 Å². The second kappa shape index (κ2) is 6.61. The molecule has 0 saturated heterocycles.